The van der Waals surface area contributed by atoms with Crippen LogP contribution in [0.2, 0.25) is 0 Å². The van der Waals surface area contributed by atoms with Gasteiger partial charge < -0.3 is 15.4 Å². The summed E-state index contributed by atoms with van der Waals surface area (Å²) in [5.41, 5.74) is 0.564. The first-order valence-electron chi connectivity index (χ1n) is 5.50. The van der Waals surface area contributed by atoms with Crippen molar-refractivity contribution in [3.05, 3.63) is 17.8 Å². The van der Waals surface area contributed by atoms with Crippen LogP contribution < -0.4 is 15.4 Å². The SMILES string of the molecule is O=C(NC1CC1)c1cnc2c(c1)OCCN2. The molecule has 16 heavy (non-hydrogen) atoms. The van der Waals surface area contributed by atoms with Gasteiger partial charge in [-0.3, -0.25) is 4.79 Å². The molecule has 1 amide bonds. The number of rotatable bonds is 2. The predicted octanol–water partition coefficient (Wildman–Crippen LogP) is 0.778. The number of amides is 1. The van der Waals surface area contributed by atoms with Gasteiger partial charge in [-0.2, -0.15) is 0 Å². The van der Waals surface area contributed by atoms with Gasteiger partial charge >= 0.3 is 0 Å². The zero-order valence-electron chi connectivity index (χ0n) is 8.82. The number of pyridine rings is 1. The molecule has 0 saturated heterocycles. The Morgan fingerprint density at radius 2 is 2.44 bits per heavy atom. The summed E-state index contributed by atoms with van der Waals surface area (Å²) < 4.78 is 5.43. The largest absolute Gasteiger partial charge is 0.488 e. The zero-order chi connectivity index (χ0) is 11.0. The van der Waals surface area contributed by atoms with E-state index in [0.717, 1.165) is 19.4 Å². The van der Waals surface area contributed by atoms with E-state index in [4.69, 9.17) is 4.74 Å². The Morgan fingerprint density at radius 1 is 1.56 bits per heavy atom. The summed E-state index contributed by atoms with van der Waals surface area (Å²) in [6.45, 7) is 1.37. The molecule has 1 aromatic heterocycles. The standard InChI is InChI=1S/C11H13N3O2/c15-11(14-8-1-2-8)7-5-9-10(13-6-7)12-3-4-16-9/h5-6,8H,1-4H2,(H,12,13)(H,14,15). The summed E-state index contributed by atoms with van der Waals surface area (Å²) >= 11 is 0. The molecule has 1 aliphatic carbocycles. The van der Waals surface area contributed by atoms with Crippen molar-refractivity contribution in [3.8, 4) is 5.75 Å². The number of hydrogen-bond acceptors (Lipinski definition) is 4. The number of anilines is 1. The quantitative estimate of drug-likeness (QED) is 0.771. The zero-order valence-corrected chi connectivity index (χ0v) is 8.82. The molecule has 0 bridgehead atoms. The molecule has 1 aromatic rings. The molecule has 0 aromatic carbocycles. The van der Waals surface area contributed by atoms with Crippen LogP contribution in [-0.4, -0.2) is 30.1 Å². The van der Waals surface area contributed by atoms with Gasteiger partial charge in [-0.1, -0.05) is 0 Å². The summed E-state index contributed by atoms with van der Waals surface area (Å²) in [4.78, 5) is 15.9. The van der Waals surface area contributed by atoms with Crippen LogP contribution in [0.1, 0.15) is 23.2 Å². The molecule has 1 aliphatic heterocycles. The molecule has 5 nitrogen and oxygen atoms in total. The average molecular weight is 219 g/mol. The number of aromatic nitrogens is 1. The number of carbonyl (C=O) groups excluding carboxylic acids is 1. The average Bonchev–Trinajstić information content (AvgIpc) is 3.12. The fourth-order valence-corrected chi connectivity index (χ4v) is 1.64. The Morgan fingerprint density at radius 3 is 3.25 bits per heavy atom. The first kappa shape index (κ1) is 9.45. The summed E-state index contributed by atoms with van der Waals surface area (Å²) in [6, 6.07) is 2.11. The molecule has 1 fully saturated rings. The fraction of sp³-hybridized carbons (Fsp3) is 0.455. The van der Waals surface area contributed by atoms with Gasteiger partial charge in [0.05, 0.1) is 12.1 Å². The maximum atomic E-state index is 11.8. The third kappa shape index (κ3) is 1.80. The van der Waals surface area contributed by atoms with E-state index in [1.54, 1.807) is 12.3 Å². The molecule has 2 aliphatic rings. The van der Waals surface area contributed by atoms with Crippen LogP contribution in [0.4, 0.5) is 5.82 Å². The molecule has 0 unspecified atom stereocenters. The van der Waals surface area contributed by atoms with Gasteiger partial charge in [-0.25, -0.2) is 4.98 Å². The van der Waals surface area contributed by atoms with Crippen molar-refractivity contribution in [1.29, 1.82) is 0 Å². The maximum Gasteiger partial charge on any atom is 0.253 e. The van der Waals surface area contributed by atoms with Gasteiger partial charge in [0.2, 0.25) is 0 Å². The molecule has 2 N–H and O–H groups in total. The molecule has 2 heterocycles. The third-order valence-electron chi connectivity index (χ3n) is 2.68. The summed E-state index contributed by atoms with van der Waals surface area (Å²) in [5, 5.41) is 6.04. The molecule has 0 radical (unpaired) electrons. The van der Waals surface area contributed by atoms with Crippen LogP contribution in [0.5, 0.6) is 5.75 Å². The van der Waals surface area contributed by atoms with Gasteiger partial charge in [0.25, 0.3) is 5.91 Å². The van der Waals surface area contributed by atoms with Gasteiger partial charge in [0, 0.05) is 12.2 Å². The normalized spacial score (nSPS) is 18.0. The highest BCUT2D eigenvalue weighted by Crippen LogP contribution is 2.26. The molecule has 1 saturated carbocycles. The van der Waals surface area contributed by atoms with Crippen molar-refractivity contribution in [2.45, 2.75) is 18.9 Å². The van der Waals surface area contributed by atoms with Crippen LogP contribution in [-0.2, 0) is 0 Å². The minimum Gasteiger partial charge on any atom is -0.488 e. The number of nitrogens with zero attached hydrogens (tertiary/aromatic N) is 1. The number of ether oxygens (including phenoxy) is 1. The second-order valence-corrected chi connectivity index (χ2v) is 4.09. The van der Waals surface area contributed by atoms with Crippen molar-refractivity contribution >= 4 is 11.7 Å². The maximum absolute atomic E-state index is 11.8. The van der Waals surface area contributed by atoms with Crippen LogP contribution in [0.25, 0.3) is 0 Å². The van der Waals surface area contributed by atoms with E-state index in [-0.39, 0.29) is 5.91 Å². The van der Waals surface area contributed by atoms with Crippen molar-refractivity contribution in [2.75, 3.05) is 18.5 Å². The van der Waals surface area contributed by atoms with E-state index in [2.05, 4.69) is 15.6 Å². The third-order valence-corrected chi connectivity index (χ3v) is 2.68. The number of fused-ring (bicyclic) bond motifs is 1. The van der Waals surface area contributed by atoms with Crippen LogP contribution >= 0.6 is 0 Å². The lowest BCUT2D eigenvalue weighted by atomic mass is 10.2. The van der Waals surface area contributed by atoms with Gasteiger partial charge in [-0.05, 0) is 18.9 Å². The number of nitrogens with one attached hydrogen (secondary N) is 2. The molecule has 0 spiro atoms. The predicted molar refractivity (Wildman–Crippen MR) is 58.7 cm³/mol. The first-order valence-corrected chi connectivity index (χ1v) is 5.50. The Kier molecular flexibility index (Phi) is 2.16. The van der Waals surface area contributed by atoms with Crippen LogP contribution in [0.15, 0.2) is 12.3 Å². The minimum absolute atomic E-state index is 0.0630. The smallest absolute Gasteiger partial charge is 0.253 e. The minimum atomic E-state index is -0.0630. The Labute approximate surface area is 93.2 Å². The second kappa shape index (κ2) is 3.66. The highest BCUT2D eigenvalue weighted by atomic mass is 16.5. The molecular formula is C11H13N3O2. The topological polar surface area (TPSA) is 63.2 Å². The van der Waals surface area contributed by atoms with Crippen molar-refractivity contribution in [2.24, 2.45) is 0 Å². The molecule has 0 atom stereocenters. The van der Waals surface area contributed by atoms with Crippen molar-refractivity contribution in [1.82, 2.24) is 10.3 Å². The van der Waals surface area contributed by atoms with Crippen molar-refractivity contribution < 1.29 is 9.53 Å². The number of hydrogen-bond donors (Lipinski definition) is 2. The lowest BCUT2D eigenvalue weighted by Crippen LogP contribution is -2.26. The lowest BCUT2D eigenvalue weighted by Gasteiger charge is -2.18. The van der Waals surface area contributed by atoms with Crippen LogP contribution in [0, 0.1) is 0 Å². The first-order chi connectivity index (χ1) is 7.83. The van der Waals surface area contributed by atoms with E-state index in [1.165, 1.54) is 0 Å². The van der Waals surface area contributed by atoms with Gasteiger partial charge in [0.15, 0.2) is 11.6 Å². The second-order valence-electron chi connectivity index (χ2n) is 4.09. The molecular weight excluding hydrogens is 206 g/mol. The summed E-state index contributed by atoms with van der Waals surface area (Å²) in [6.07, 6.45) is 3.75. The Balaban J connectivity index is 1.81. The van der Waals surface area contributed by atoms with Crippen LogP contribution in [0.3, 0.4) is 0 Å². The van der Waals surface area contributed by atoms with E-state index >= 15 is 0 Å². The van der Waals surface area contributed by atoms with Crippen molar-refractivity contribution in [3.63, 3.8) is 0 Å². The summed E-state index contributed by atoms with van der Waals surface area (Å²) in [7, 11) is 0. The van der Waals surface area contributed by atoms with E-state index in [0.29, 0.717) is 29.8 Å². The monoisotopic (exact) mass is 219 g/mol. The number of carbonyl (C=O) groups is 1. The highest BCUT2D eigenvalue weighted by Gasteiger charge is 2.24. The molecule has 5 heteroatoms. The lowest BCUT2D eigenvalue weighted by molar-refractivity contribution is 0.0950. The Bertz CT molecular complexity index is 429. The van der Waals surface area contributed by atoms with E-state index < -0.39 is 0 Å². The van der Waals surface area contributed by atoms with Gasteiger partial charge in [-0.15, -0.1) is 0 Å². The van der Waals surface area contributed by atoms with E-state index in [9.17, 15) is 4.79 Å². The van der Waals surface area contributed by atoms with Gasteiger partial charge in [0.1, 0.15) is 6.61 Å². The van der Waals surface area contributed by atoms with E-state index in [1.807, 2.05) is 0 Å². The Hall–Kier alpha value is -1.78. The molecule has 84 valence electrons. The highest BCUT2D eigenvalue weighted by molar-refractivity contribution is 5.95. The fourth-order valence-electron chi connectivity index (χ4n) is 1.64. The molecule has 3 rings (SSSR count). The summed E-state index contributed by atoms with van der Waals surface area (Å²) in [5.74, 6) is 1.32.